The van der Waals surface area contributed by atoms with E-state index in [1.54, 1.807) is 18.9 Å². The van der Waals surface area contributed by atoms with Crippen molar-refractivity contribution in [3.63, 3.8) is 0 Å². The van der Waals surface area contributed by atoms with Gasteiger partial charge in [-0.1, -0.05) is 6.92 Å². The monoisotopic (exact) mass is 235 g/mol. The maximum atomic E-state index is 10.8. The lowest BCUT2D eigenvalue weighted by molar-refractivity contribution is -0.139. The Morgan fingerprint density at radius 2 is 2.13 bits per heavy atom. The highest BCUT2D eigenvalue weighted by molar-refractivity contribution is 8.01. The van der Waals surface area contributed by atoms with Gasteiger partial charge in [-0.05, 0) is 20.3 Å². The van der Waals surface area contributed by atoms with Gasteiger partial charge in [0, 0.05) is 23.7 Å². The van der Waals surface area contributed by atoms with Crippen LogP contribution in [0, 0.1) is 0 Å². The van der Waals surface area contributed by atoms with Gasteiger partial charge < -0.3 is 15.6 Å². The lowest BCUT2D eigenvalue weighted by atomic mass is 10.1. The number of hydrogen-bond acceptors (Lipinski definition) is 4. The summed E-state index contributed by atoms with van der Waals surface area (Å²) < 4.78 is 4.51. The third-order valence-electron chi connectivity index (χ3n) is 2.25. The zero-order valence-electron chi connectivity index (χ0n) is 9.82. The fourth-order valence-corrected chi connectivity index (χ4v) is 2.73. The van der Waals surface area contributed by atoms with Gasteiger partial charge in [-0.15, -0.1) is 0 Å². The fraction of sp³-hybridized carbons (Fsp3) is 0.900. The number of hydrogen-bond donors (Lipinski definition) is 2. The molecule has 15 heavy (non-hydrogen) atoms. The highest BCUT2D eigenvalue weighted by atomic mass is 32.2. The molecule has 0 saturated heterocycles. The topological polar surface area (TPSA) is 72.5 Å². The number of thioether (sulfide) groups is 1. The quantitative estimate of drug-likeness (QED) is 0.696. The summed E-state index contributed by atoms with van der Waals surface area (Å²) in [6.45, 7) is 6.46. The average Bonchev–Trinajstić information content (AvgIpc) is 2.12. The van der Waals surface area contributed by atoms with Gasteiger partial charge in [0.25, 0.3) is 0 Å². The van der Waals surface area contributed by atoms with E-state index in [4.69, 9.17) is 15.6 Å². The van der Waals surface area contributed by atoms with Crippen LogP contribution in [0.3, 0.4) is 0 Å². The minimum absolute atomic E-state index is 0.338. The number of carboxylic acid groups (broad SMARTS) is 1. The van der Waals surface area contributed by atoms with Crippen molar-refractivity contribution in [3.05, 3.63) is 0 Å². The summed E-state index contributed by atoms with van der Waals surface area (Å²) in [5.74, 6) is -0.952. The third kappa shape index (κ3) is 5.39. The van der Waals surface area contributed by atoms with Crippen molar-refractivity contribution in [1.82, 2.24) is 0 Å². The Balaban J connectivity index is 4.17. The molecule has 0 bridgehead atoms. The van der Waals surface area contributed by atoms with Crippen molar-refractivity contribution in [2.75, 3.05) is 13.7 Å². The summed E-state index contributed by atoms with van der Waals surface area (Å²) in [7, 11) is 1.66. The van der Waals surface area contributed by atoms with E-state index >= 15 is 0 Å². The standard InChI is InChI=1S/C10H21NO3S/c1-7(5-6-14-4)15-10(2,3)8(11)9(12)13/h7-8H,5-6,11H2,1-4H3,(H,12,13)/t7?,8-/m1/s1. The van der Waals surface area contributed by atoms with E-state index in [2.05, 4.69) is 6.92 Å². The molecular formula is C10H21NO3S. The molecule has 0 rings (SSSR count). The third-order valence-corrected chi connectivity index (χ3v) is 3.75. The van der Waals surface area contributed by atoms with Crippen LogP contribution in [0.15, 0.2) is 0 Å². The van der Waals surface area contributed by atoms with Crippen molar-refractivity contribution in [3.8, 4) is 0 Å². The van der Waals surface area contributed by atoms with E-state index in [0.29, 0.717) is 11.9 Å². The Morgan fingerprint density at radius 3 is 2.53 bits per heavy atom. The van der Waals surface area contributed by atoms with Crippen LogP contribution in [0.25, 0.3) is 0 Å². The molecule has 3 N–H and O–H groups in total. The van der Waals surface area contributed by atoms with Crippen LogP contribution < -0.4 is 5.73 Å². The summed E-state index contributed by atoms with van der Waals surface area (Å²) in [5.41, 5.74) is 5.62. The first-order chi connectivity index (χ1) is 6.81. The maximum Gasteiger partial charge on any atom is 0.321 e. The predicted octanol–water partition coefficient (Wildman–Crippen LogP) is 1.34. The molecule has 0 aromatic heterocycles. The molecule has 5 heteroatoms. The minimum Gasteiger partial charge on any atom is -0.480 e. The summed E-state index contributed by atoms with van der Waals surface area (Å²) in [6, 6.07) is -0.840. The van der Waals surface area contributed by atoms with Crippen LogP contribution in [0.4, 0.5) is 0 Å². The molecule has 0 saturated carbocycles. The molecular weight excluding hydrogens is 214 g/mol. The number of methoxy groups -OCH3 is 1. The molecule has 4 nitrogen and oxygen atoms in total. The largest absolute Gasteiger partial charge is 0.480 e. The van der Waals surface area contributed by atoms with E-state index in [-0.39, 0.29) is 0 Å². The highest BCUT2D eigenvalue weighted by Crippen LogP contribution is 2.32. The molecule has 0 aliphatic carbocycles. The summed E-state index contributed by atoms with van der Waals surface area (Å²) in [4.78, 5) is 10.8. The van der Waals surface area contributed by atoms with E-state index in [1.165, 1.54) is 0 Å². The summed E-state index contributed by atoms with van der Waals surface area (Å²) >= 11 is 1.59. The van der Waals surface area contributed by atoms with Crippen LogP contribution in [-0.4, -0.2) is 40.8 Å². The smallest absolute Gasteiger partial charge is 0.321 e. The second-order valence-electron chi connectivity index (χ2n) is 4.13. The van der Waals surface area contributed by atoms with Gasteiger partial charge in [-0.25, -0.2) is 0 Å². The van der Waals surface area contributed by atoms with Crippen LogP contribution in [0.2, 0.25) is 0 Å². The normalized spacial score (nSPS) is 16.1. The Hall–Kier alpha value is -0.260. The van der Waals surface area contributed by atoms with E-state index in [9.17, 15) is 4.79 Å². The van der Waals surface area contributed by atoms with Crippen molar-refractivity contribution in [2.24, 2.45) is 5.73 Å². The highest BCUT2D eigenvalue weighted by Gasteiger charge is 2.33. The van der Waals surface area contributed by atoms with Crippen LogP contribution >= 0.6 is 11.8 Å². The molecule has 90 valence electrons. The Bertz CT molecular complexity index is 209. The Morgan fingerprint density at radius 1 is 1.60 bits per heavy atom. The molecule has 0 aliphatic rings. The summed E-state index contributed by atoms with van der Waals surface area (Å²) in [6.07, 6.45) is 0.900. The molecule has 0 aliphatic heterocycles. The number of carboxylic acids is 1. The molecule has 1 unspecified atom stereocenters. The Labute approximate surface area is 95.6 Å². The second kappa shape index (κ2) is 6.35. The van der Waals surface area contributed by atoms with Crippen molar-refractivity contribution < 1.29 is 14.6 Å². The number of ether oxygens (including phenoxy) is 1. The minimum atomic E-state index is -0.952. The number of rotatable bonds is 7. The fourth-order valence-electron chi connectivity index (χ4n) is 1.23. The van der Waals surface area contributed by atoms with Crippen molar-refractivity contribution in [2.45, 2.75) is 43.2 Å². The van der Waals surface area contributed by atoms with Crippen molar-refractivity contribution in [1.29, 1.82) is 0 Å². The molecule has 2 atom stereocenters. The second-order valence-corrected chi connectivity index (χ2v) is 6.22. The van der Waals surface area contributed by atoms with Crippen LogP contribution in [0.1, 0.15) is 27.2 Å². The van der Waals surface area contributed by atoms with E-state index in [0.717, 1.165) is 6.42 Å². The number of aliphatic carboxylic acids is 1. The lowest BCUT2D eigenvalue weighted by Crippen LogP contribution is -2.47. The Kier molecular flexibility index (Phi) is 6.24. The number of carbonyl (C=O) groups is 1. The van der Waals surface area contributed by atoms with E-state index < -0.39 is 16.8 Å². The SMILES string of the molecule is COCCC(C)SC(C)(C)[C@H](N)C(=O)O. The van der Waals surface area contributed by atoms with Crippen LogP contribution in [0.5, 0.6) is 0 Å². The van der Waals surface area contributed by atoms with Gasteiger partial charge in [-0.3, -0.25) is 4.79 Å². The predicted molar refractivity (Wildman–Crippen MR) is 63.2 cm³/mol. The molecule has 0 amide bonds. The molecule has 0 aromatic carbocycles. The first kappa shape index (κ1) is 14.7. The molecule has 0 fully saturated rings. The molecule has 0 aromatic rings. The van der Waals surface area contributed by atoms with Crippen molar-refractivity contribution >= 4 is 17.7 Å². The van der Waals surface area contributed by atoms with Gasteiger partial charge in [0.15, 0.2) is 0 Å². The van der Waals surface area contributed by atoms with Gasteiger partial charge >= 0.3 is 5.97 Å². The lowest BCUT2D eigenvalue weighted by Gasteiger charge is -2.30. The van der Waals surface area contributed by atoms with Crippen LogP contribution in [-0.2, 0) is 9.53 Å². The van der Waals surface area contributed by atoms with Gasteiger partial charge in [0.2, 0.25) is 0 Å². The van der Waals surface area contributed by atoms with Gasteiger partial charge in [-0.2, -0.15) is 11.8 Å². The average molecular weight is 235 g/mol. The van der Waals surface area contributed by atoms with Gasteiger partial charge in [0.1, 0.15) is 6.04 Å². The molecule has 0 spiro atoms. The first-order valence-corrected chi connectivity index (χ1v) is 5.84. The molecule has 0 radical (unpaired) electrons. The number of nitrogens with two attached hydrogens (primary N) is 1. The first-order valence-electron chi connectivity index (χ1n) is 4.96. The summed E-state index contributed by atoms with van der Waals surface area (Å²) in [5, 5.41) is 9.18. The zero-order valence-corrected chi connectivity index (χ0v) is 10.6. The maximum absolute atomic E-state index is 10.8. The molecule has 0 heterocycles. The zero-order chi connectivity index (χ0) is 12.1. The van der Waals surface area contributed by atoms with Gasteiger partial charge in [0.05, 0.1) is 0 Å². The van der Waals surface area contributed by atoms with E-state index in [1.807, 2.05) is 13.8 Å².